The average Bonchev–Trinajstić information content (AvgIpc) is 2.80. The van der Waals surface area contributed by atoms with E-state index in [2.05, 4.69) is 27.2 Å². The highest BCUT2D eigenvalue weighted by molar-refractivity contribution is 7.03. The quantitative estimate of drug-likeness (QED) is 0.784. The van der Waals surface area contributed by atoms with Crippen molar-refractivity contribution in [1.29, 1.82) is 0 Å². The normalized spacial score (nSPS) is 18.8. The van der Waals surface area contributed by atoms with Crippen LogP contribution < -0.4 is 5.32 Å². The molecule has 0 bridgehead atoms. The zero-order chi connectivity index (χ0) is 9.10. The van der Waals surface area contributed by atoms with Crippen molar-refractivity contribution in [2.24, 2.45) is 5.92 Å². The van der Waals surface area contributed by atoms with Gasteiger partial charge in [0.15, 0.2) is 0 Å². The van der Waals surface area contributed by atoms with Gasteiger partial charge in [0.2, 0.25) is 0 Å². The lowest BCUT2D eigenvalue weighted by molar-refractivity contribution is 0.476. The molecule has 72 valence electrons. The van der Waals surface area contributed by atoms with Crippen LogP contribution >= 0.6 is 11.5 Å². The highest BCUT2D eigenvalue weighted by atomic mass is 32.1. The van der Waals surface area contributed by atoms with E-state index in [4.69, 9.17) is 0 Å². The fraction of sp³-hybridized carbons (Fsp3) is 0.778. The lowest BCUT2D eigenvalue weighted by atomic mass is 10.1. The average molecular weight is 197 g/mol. The zero-order valence-electron chi connectivity index (χ0n) is 7.86. The summed E-state index contributed by atoms with van der Waals surface area (Å²) in [4.78, 5) is 0. The largest absolute Gasteiger partial charge is 0.309 e. The van der Waals surface area contributed by atoms with Gasteiger partial charge in [0.05, 0.1) is 11.7 Å². The van der Waals surface area contributed by atoms with E-state index in [1.165, 1.54) is 30.8 Å². The minimum Gasteiger partial charge on any atom is -0.309 e. The third kappa shape index (κ3) is 2.48. The van der Waals surface area contributed by atoms with Crippen molar-refractivity contribution in [3.63, 3.8) is 0 Å². The summed E-state index contributed by atoms with van der Waals surface area (Å²) in [6, 6.07) is 0.441. The van der Waals surface area contributed by atoms with Crippen LogP contribution in [0.4, 0.5) is 0 Å². The molecule has 2 rings (SSSR count). The first kappa shape index (κ1) is 9.09. The minimum absolute atomic E-state index is 0.441. The monoisotopic (exact) mass is 197 g/mol. The molecule has 0 saturated heterocycles. The Morgan fingerprint density at radius 3 is 3.08 bits per heavy atom. The second kappa shape index (κ2) is 4.15. The summed E-state index contributed by atoms with van der Waals surface area (Å²) >= 11 is 1.44. The van der Waals surface area contributed by atoms with Crippen LogP contribution in [0.2, 0.25) is 0 Å². The SMILES string of the molecule is CCNC(CC1CC1)c1csnn1. The summed E-state index contributed by atoms with van der Waals surface area (Å²) in [7, 11) is 0. The van der Waals surface area contributed by atoms with Gasteiger partial charge >= 0.3 is 0 Å². The molecule has 0 aromatic carbocycles. The molecule has 1 fully saturated rings. The van der Waals surface area contributed by atoms with Gasteiger partial charge in [-0.05, 0) is 30.4 Å². The maximum atomic E-state index is 4.12. The third-order valence-corrected chi connectivity index (χ3v) is 2.97. The van der Waals surface area contributed by atoms with Crippen LogP contribution in [-0.4, -0.2) is 16.1 Å². The Bertz CT molecular complexity index is 243. The van der Waals surface area contributed by atoms with Gasteiger partial charge in [-0.3, -0.25) is 0 Å². The fourth-order valence-corrected chi connectivity index (χ4v) is 2.07. The highest BCUT2D eigenvalue weighted by Crippen LogP contribution is 2.37. The molecule has 0 spiro atoms. The van der Waals surface area contributed by atoms with Crippen LogP contribution in [0.5, 0.6) is 0 Å². The van der Waals surface area contributed by atoms with E-state index in [0.717, 1.165) is 18.2 Å². The van der Waals surface area contributed by atoms with Crippen LogP contribution in [0.1, 0.15) is 37.9 Å². The topological polar surface area (TPSA) is 37.8 Å². The molecular formula is C9H15N3S. The number of hydrogen-bond acceptors (Lipinski definition) is 4. The number of nitrogens with one attached hydrogen (secondary N) is 1. The van der Waals surface area contributed by atoms with Gasteiger partial charge in [0.1, 0.15) is 0 Å². The number of aromatic nitrogens is 2. The molecule has 1 N–H and O–H groups in total. The molecule has 1 aromatic heterocycles. The standard InChI is InChI=1S/C9H15N3S/c1-2-10-8(5-7-3-4-7)9-6-13-12-11-9/h6-8,10H,2-5H2,1H3. The predicted octanol–water partition coefficient (Wildman–Crippen LogP) is 1.99. The van der Waals surface area contributed by atoms with E-state index < -0.39 is 0 Å². The molecule has 0 aliphatic heterocycles. The fourth-order valence-electron chi connectivity index (χ4n) is 1.57. The number of nitrogens with zero attached hydrogens (tertiary/aromatic N) is 2. The minimum atomic E-state index is 0.441. The molecule has 4 heteroatoms. The Kier molecular flexibility index (Phi) is 2.90. The number of rotatable bonds is 5. The maximum Gasteiger partial charge on any atom is 0.0924 e. The van der Waals surface area contributed by atoms with E-state index >= 15 is 0 Å². The molecule has 1 atom stereocenters. The van der Waals surface area contributed by atoms with Gasteiger partial charge in [-0.25, -0.2) is 0 Å². The van der Waals surface area contributed by atoms with E-state index in [1.54, 1.807) is 0 Å². The van der Waals surface area contributed by atoms with Gasteiger partial charge in [-0.15, -0.1) is 5.10 Å². The Balaban J connectivity index is 1.95. The van der Waals surface area contributed by atoms with Gasteiger partial charge in [0.25, 0.3) is 0 Å². The lowest BCUT2D eigenvalue weighted by Gasteiger charge is -2.13. The summed E-state index contributed by atoms with van der Waals surface area (Å²) in [6.07, 6.45) is 4.04. The second-order valence-electron chi connectivity index (χ2n) is 3.62. The van der Waals surface area contributed by atoms with Crippen molar-refractivity contribution in [3.8, 4) is 0 Å². The summed E-state index contributed by atoms with van der Waals surface area (Å²) in [5, 5.41) is 9.63. The van der Waals surface area contributed by atoms with Crippen molar-refractivity contribution < 1.29 is 0 Å². The Labute approximate surface area is 82.7 Å². The lowest BCUT2D eigenvalue weighted by Crippen LogP contribution is -2.21. The van der Waals surface area contributed by atoms with Crippen molar-refractivity contribution >= 4 is 11.5 Å². The smallest absolute Gasteiger partial charge is 0.0924 e. The van der Waals surface area contributed by atoms with Gasteiger partial charge in [-0.2, -0.15) is 0 Å². The Morgan fingerprint density at radius 1 is 1.69 bits per heavy atom. The molecule has 1 heterocycles. The molecule has 13 heavy (non-hydrogen) atoms. The molecule has 0 radical (unpaired) electrons. The Hall–Kier alpha value is -0.480. The van der Waals surface area contributed by atoms with Gasteiger partial charge in [-0.1, -0.05) is 24.3 Å². The molecular weight excluding hydrogens is 182 g/mol. The zero-order valence-corrected chi connectivity index (χ0v) is 8.68. The molecule has 1 aliphatic carbocycles. The maximum absolute atomic E-state index is 4.12. The highest BCUT2D eigenvalue weighted by Gasteiger charge is 2.26. The molecule has 1 saturated carbocycles. The summed E-state index contributed by atoms with van der Waals surface area (Å²) in [5.74, 6) is 0.936. The summed E-state index contributed by atoms with van der Waals surface area (Å²) < 4.78 is 3.90. The molecule has 1 aromatic rings. The van der Waals surface area contributed by atoms with E-state index in [1.807, 2.05) is 0 Å². The van der Waals surface area contributed by atoms with Gasteiger partial charge in [0, 0.05) is 5.38 Å². The first-order valence-electron chi connectivity index (χ1n) is 4.90. The first-order valence-corrected chi connectivity index (χ1v) is 5.74. The van der Waals surface area contributed by atoms with E-state index in [9.17, 15) is 0 Å². The molecule has 0 amide bonds. The van der Waals surface area contributed by atoms with Crippen LogP contribution in [-0.2, 0) is 0 Å². The summed E-state index contributed by atoms with van der Waals surface area (Å²) in [5.41, 5.74) is 1.12. The first-order chi connectivity index (χ1) is 6.40. The number of hydrogen-bond donors (Lipinski definition) is 1. The predicted molar refractivity (Wildman–Crippen MR) is 53.7 cm³/mol. The Morgan fingerprint density at radius 2 is 2.54 bits per heavy atom. The van der Waals surface area contributed by atoms with Crippen molar-refractivity contribution in [2.75, 3.05) is 6.54 Å². The van der Waals surface area contributed by atoms with Crippen LogP contribution in [0.3, 0.4) is 0 Å². The molecule has 3 nitrogen and oxygen atoms in total. The second-order valence-corrected chi connectivity index (χ2v) is 4.23. The van der Waals surface area contributed by atoms with Crippen LogP contribution in [0.25, 0.3) is 0 Å². The molecule has 1 aliphatic rings. The van der Waals surface area contributed by atoms with Gasteiger partial charge < -0.3 is 5.32 Å². The molecule has 1 unspecified atom stereocenters. The summed E-state index contributed by atoms with van der Waals surface area (Å²) in [6.45, 7) is 3.15. The van der Waals surface area contributed by atoms with E-state index in [0.29, 0.717) is 6.04 Å². The third-order valence-electron chi connectivity index (χ3n) is 2.45. The van der Waals surface area contributed by atoms with Crippen molar-refractivity contribution in [3.05, 3.63) is 11.1 Å². The van der Waals surface area contributed by atoms with E-state index in [-0.39, 0.29) is 0 Å². The van der Waals surface area contributed by atoms with Crippen molar-refractivity contribution in [2.45, 2.75) is 32.2 Å². The van der Waals surface area contributed by atoms with Crippen LogP contribution in [0.15, 0.2) is 5.38 Å². The van der Waals surface area contributed by atoms with Crippen LogP contribution in [0, 0.1) is 5.92 Å². The van der Waals surface area contributed by atoms with Crippen molar-refractivity contribution in [1.82, 2.24) is 14.9 Å².